The molecule has 0 amide bonds. The number of hydrogen-bond donors (Lipinski definition) is 1. The Morgan fingerprint density at radius 3 is 2.35 bits per heavy atom. The van der Waals surface area contributed by atoms with Gasteiger partial charge in [-0.1, -0.05) is 29.3 Å². The first-order chi connectivity index (χ1) is 12.2. The largest absolute Gasteiger partial charge is 0.478 e. The summed E-state index contributed by atoms with van der Waals surface area (Å²) in [6, 6.07) is 10.3. The maximum Gasteiger partial charge on any atom is 0.335 e. The second-order valence-electron chi connectivity index (χ2n) is 5.86. The number of anilines is 1. The Balaban J connectivity index is 2.59. The molecule has 5 nitrogen and oxygen atoms in total. The molecule has 0 saturated heterocycles. The normalized spacial score (nSPS) is 12.1. The van der Waals surface area contributed by atoms with Crippen LogP contribution in [0.15, 0.2) is 59.0 Å². The van der Waals surface area contributed by atoms with E-state index in [9.17, 15) is 13.2 Å². The second kappa shape index (κ2) is 7.93. The number of hydrogen-bond acceptors (Lipinski definition) is 3. The molecule has 138 valence electrons. The van der Waals surface area contributed by atoms with Gasteiger partial charge in [-0.25, -0.2) is 13.2 Å². The van der Waals surface area contributed by atoms with E-state index in [1.54, 1.807) is 25.1 Å². The summed E-state index contributed by atoms with van der Waals surface area (Å²) in [5, 5.41) is 9.48. The zero-order valence-electron chi connectivity index (χ0n) is 14.7. The van der Waals surface area contributed by atoms with Crippen molar-refractivity contribution in [1.82, 2.24) is 0 Å². The number of carboxylic acid groups (broad SMARTS) is 1. The molecule has 2 aromatic rings. The van der Waals surface area contributed by atoms with E-state index in [-0.39, 0.29) is 17.0 Å². The number of sulfonamides is 1. The van der Waals surface area contributed by atoms with Crippen molar-refractivity contribution in [3.05, 3.63) is 70.3 Å². The summed E-state index contributed by atoms with van der Waals surface area (Å²) in [7, 11) is -3.90. The Morgan fingerprint density at radius 1 is 1.19 bits per heavy atom. The van der Waals surface area contributed by atoms with Gasteiger partial charge in [0.2, 0.25) is 0 Å². The Morgan fingerprint density at radius 2 is 1.81 bits per heavy atom. The van der Waals surface area contributed by atoms with Crippen LogP contribution in [0.2, 0.25) is 5.02 Å². The molecule has 0 heterocycles. The predicted molar refractivity (Wildman–Crippen MR) is 104 cm³/mol. The molecule has 1 N–H and O–H groups in total. The van der Waals surface area contributed by atoms with Crippen molar-refractivity contribution in [2.24, 2.45) is 0 Å². The lowest BCUT2D eigenvalue weighted by Gasteiger charge is -2.27. The molecule has 0 aliphatic rings. The fourth-order valence-electron chi connectivity index (χ4n) is 2.38. The lowest BCUT2D eigenvalue weighted by molar-refractivity contribution is 0.0696. The highest BCUT2D eigenvalue weighted by Gasteiger charge is 2.27. The van der Waals surface area contributed by atoms with Crippen molar-refractivity contribution >= 4 is 33.3 Å². The van der Waals surface area contributed by atoms with Crippen LogP contribution >= 0.6 is 11.6 Å². The first-order valence-electron chi connectivity index (χ1n) is 7.91. The summed E-state index contributed by atoms with van der Waals surface area (Å²) in [5.74, 6) is -1.11. The van der Waals surface area contributed by atoms with E-state index < -0.39 is 16.0 Å². The summed E-state index contributed by atoms with van der Waals surface area (Å²) in [6.45, 7) is 5.61. The molecule has 0 saturated carbocycles. The number of allylic oxidation sites excluding steroid dienone is 1. The Labute approximate surface area is 158 Å². The number of halogens is 1. The average Bonchev–Trinajstić information content (AvgIpc) is 2.62. The summed E-state index contributed by atoms with van der Waals surface area (Å²) >= 11 is 6.18. The van der Waals surface area contributed by atoms with Gasteiger partial charge in [0.15, 0.2) is 0 Å². The standard InChI is InChI=1S/C19H20ClNO4S/c1-4-13(2)12-21(18-7-5-6-17(20)14(18)3)26(24,25)16-10-8-15(9-11-16)19(22)23/h4-11H,12H2,1-3H3,(H,22,23). The molecule has 2 rings (SSSR count). The molecule has 0 bridgehead atoms. The van der Waals surface area contributed by atoms with Crippen LogP contribution in [-0.2, 0) is 10.0 Å². The zero-order valence-corrected chi connectivity index (χ0v) is 16.3. The highest BCUT2D eigenvalue weighted by Crippen LogP contribution is 2.31. The maximum atomic E-state index is 13.2. The van der Waals surface area contributed by atoms with E-state index in [4.69, 9.17) is 16.7 Å². The van der Waals surface area contributed by atoms with Gasteiger partial charge in [-0.15, -0.1) is 0 Å². The van der Waals surface area contributed by atoms with Gasteiger partial charge in [0.1, 0.15) is 0 Å². The third-order valence-electron chi connectivity index (χ3n) is 4.08. The van der Waals surface area contributed by atoms with Crippen LogP contribution in [0.25, 0.3) is 0 Å². The topological polar surface area (TPSA) is 74.7 Å². The molecular weight excluding hydrogens is 374 g/mol. The first-order valence-corrected chi connectivity index (χ1v) is 9.73. The van der Waals surface area contributed by atoms with E-state index in [2.05, 4.69) is 0 Å². The second-order valence-corrected chi connectivity index (χ2v) is 8.13. The highest BCUT2D eigenvalue weighted by atomic mass is 35.5. The Kier molecular flexibility index (Phi) is 6.10. The Bertz CT molecular complexity index is 950. The lowest BCUT2D eigenvalue weighted by atomic mass is 10.2. The lowest BCUT2D eigenvalue weighted by Crippen LogP contribution is -2.33. The predicted octanol–water partition coefficient (Wildman–Crippen LogP) is 4.51. The SMILES string of the molecule is CC=C(C)CN(c1cccc(Cl)c1C)S(=O)(=O)c1ccc(C(=O)O)cc1. The fraction of sp³-hybridized carbons (Fsp3) is 0.211. The molecule has 2 aromatic carbocycles. The van der Waals surface area contributed by atoms with E-state index in [0.29, 0.717) is 16.3 Å². The van der Waals surface area contributed by atoms with E-state index >= 15 is 0 Å². The van der Waals surface area contributed by atoms with E-state index in [1.807, 2.05) is 19.9 Å². The number of carbonyl (C=O) groups is 1. The zero-order chi connectivity index (χ0) is 19.5. The van der Waals surface area contributed by atoms with Gasteiger partial charge >= 0.3 is 5.97 Å². The van der Waals surface area contributed by atoms with Crippen molar-refractivity contribution in [2.45, 2.75) is 25.7 Å². The quantitative estimate of drug-likeness (QED) is 0.733. The third kappa shape index (κ3) is 4.08. The van der Waals surface area contributed by atoms with Gasteiger partial charge in [0, 0.05) is 5.02 Å². The van der Waals surface area contributed by atoms with E-state index in [0.717, 1.165) is 5.57 Å². The van der Waals surface area contributed by atoms with Crippen LogP contribution in [0.3, 0.4) is 0 Å². The minimum atomic E-state index is -3.90. The number of carboxylic acids is 1. The van der Waals surface area contributed by atoms with E-state index in [1.165, 1.54) is 28.6 Å². The van der Waals surface area contributed by atoms with Crippen molar-refractivity contribution in [1.29, 1.82) is 0 Å². The minimum absolute atomic E-state index is 0.0192. The molecule has 0 fully saturated rings. The molecule has 0 spiro atoms. The maximum absolute atomic E-state index is 13.2. The first kappa shape index (κ1) is 20.0. The number of benzene rings is 2. The minimum Gasteiger partial charge on any atom is -0.478 e. The van der Waals surface area contributed by atoms with Crippen molar-refractivity contribution in [2.75, 3.05) is 10.8 Å². The van der Waals surface area contributed by atoms with Crippen LogP contribution in [0.1, 0.15) is 29.8 Å². The van der Waals surface area contributed by atoms with Gasteiger partial charge in [-0.05, 0) is 62.7 Å². The van der Waals surface area contributed by atoms with Gasteiger partial charge in [0.25, 0.3) is 10.0 Å². The van der Waals surface area contributed by atoms with Crippen LogP contribution in [0.4, 0.5) is 5.69 Å². The highest BCUT2D eigenvalue weighted by molar-refractivity contribution is 7.92. The molecule has 0 aliphatic heterocycles. The van der Waals surface area contributed by atoms with Gasteiger partial charge in [0.05, 0.1) is 22.7 Å². The van der Waals surface area contributed by atoms with Crippen LogP contribution in [0.5, 0.6) is 0 Å². The summed E-state index contributed by atoms with van der Waals surface area (Å²) in [4.78, 5) is 11.0. The Hall–Kier alpha value is -2.31. The molecule has 7 heteroatoms. The molecule has 0 radical (unpaired) electrons. The molecule has 0 aliphatic carbocycles. The number of nitrogens with zero attached hydrogens (tertiary/aromatic N) is 1. The number of rotatable bonds is 6. The molecule has 0 unspecified atom stereocenters. The van der Waals surface area contributed by atoms with Crippen molar-refractivity contribution in [3.63, 3.8) is 0 Å². The van der Waals surface area contributed by atoms with Crippen LogP contribution in [0, 0.1) is 6.92 Å². The van der Waals surface area contributed by atoms with Gasteiger partial charge in [-0.3, -0.25) is 4.31 Å². The van der Waals surface area contributed by atoms with Crippen molar-refractivity contribution in [3.8, 4) is 0 Å². The van der Waals surface area contributed by atoms with Crippen molar-refractivity contribution < 1.29 is 18.3 Å². The number of aromatic carboxylic acids is 1. The summed E-state index contributed by atoms with van der Waals surface area (Å²) in [5.41, 5.74) is 2.04. The van der Waals surface area contributed by atoms with Gasteiger partial charge in [-0.2, -0.15) is 0 Å². The molecule has 0 atom stereocenters. The van der Waals surface area contributed by atoms with Crippen LogP contribution < -0.4 is 4.31 Å². The molecule has 0 aromatic heterocycles. The summed E-state index contributed by atoms with van der Waals surface area (Å²) in [6.07, 6.45) is 1.84. The van der Waals surface area contributed by atoms with Crippen LogP contribution in [-0.4, -0.2) is 26.0 Å². The fourth-order valence-corrected chi connectivity index (χ4v) is 4.11. The smallest absolute Gasteiger partial charge is 0.335 e. The molecular formula is C19H20ClNO4S. The van der Waals surface area contributed by atoms with Gasteiger partial charge < -0.3 is 5.11 Å². The summed E-state index contributed by atoms with van der Waals surface area (Å²) < 4.78 is 27.8. The monoisotopic (exact) mass is 393 g/mol. The average molecular weight is 394 g/mol. The third-order valence-corrected chi connectivity index (χ3v) is 6.27. The molecule has 26 heavy (non-hydrogen) atoms.